The van der Waals surface area contributed by atoms with Gasteiger partial charge >= 0.3 is 0 Å². The summed E-state index contributed by atoms with van der Waals surface area (Å²) in [7, 11) is 0. The normalized spacial score (nSPS) is 26.7. The van der Waals surface area contributed by atoms with Crippen LogP contribution in [0.15, 0.2) is 54.6 Å². The summed E-state index contributed by atoms with van der Waals surface area (Å²) in [5.74, 6) is 0.593. The lowest BCUT2D eigenvalue weighted by molar-refractivity contribution is -0.384. The predicted molar refractivity (Wildman–Crippen MR) is 120 cm³/mol. The van der Waals surface area contributed by atoms with E-state index in [1.807, 2.05) is 23.1 Å². The molecule has 160 valence electrons. The minimum absolute atomic E-state index is 0.00364. The molecule has 0 saturated carbocycles. The maximum Gasteiger partial charge on any atom is 0.269 e. The van der Waals surface area contributed by atoms with E-state index in [4.69, 9.17) is 0 Å². The van der Waals surface area contributed by atoms with Crippen molar-refractivity contribution in [3.8, 4) is 0 Å². The molecule has 0 aromatic heterocycles. The third-order valence-corrected chi connectivity index (χ3v) is 7.11. The molecule has 4 atom stereocenters. The maximum absolute atomic E-state index is 13.2. The van der Waals surface area contributed by atoms with Crippen molar-refractivity contribution in [3.63, 3.8) is 0 Å². The number of amides is 1. The molecule has 2 aromatic carbocycles. The molecule has 1 N–H and O–H groups in total. The van der Waals surface area contributed by atoms with E-state index in [1.165, 1.54) is 12.5 Å². The Morgan fingerprint density at radius 3 is 2.87 bits per heavy atom. The van der Waals surface area contributed by atoms with Crippen LogP contribution in [0.2, 0.25) is 0 Å². The summed E-state index contributed by atoms with van der Waals surface area (Å²) in [5.41, 5.74) is 3.95. The lowest BCUT2D eigenvalue weighted by Gasteiger charge is -2.38. The van der Waals surface area contributed by atoms with Gasteiger partial charge in [-0.15, -0.1) is 0 Å². The molecular formula is C25H27N3O3. The molecule has 31 heavy (non-hydrogen) atoms. The molecule has 0 bridgehead atoms. The van der Waals surface area contributed by atoms with Gasteiger partial charge in [0.2, 0.25) is 0 Å². The molecule has 1 amide bonds. The Labute approximate surface area is 182 Å². The molecule has 0 spiro atoms. The van der Waals surface area contributed by atoms with Crippen LogP contribution in [0.3, 0.4) is 0 Å². The van der Waals surface area contributed by atoms with Crippen LogP contribution in [-0.4, -0.2) is 28.3 Å². The third kappa shape index (κ3) is 3.50. The van der Waals surface area contributed by atoms with Crippen LogP contribution in [-0.2, 0) is 0 Å². The van der Waals surface area contributed by atoms with Gasteiger partial charge in [-0.05, 0) is 67.9 Å². The summed E-state index contributed by atoms with van der Waals surface area (Å²) >= 11 is 0. The Morgan fingerprint density at radius 1 is 1.19 bits per heavy atom. The van der Waals surface area contributed by atoms with E-state index in [2.05, 4.69) is 30.5 Å². The first-order chi connectivity index (χ1) is 15.0. The summed E-state index contributed by atoms with van der Waals surface area (Å²) < 4.78 is 0. The number of fused-ring (bicyclic) bond motifs is 3. The second kappa shape index (κ2) is 7.84. The monoisotopic (exact) mass is 417 g/mol. The number of benzene rings is 2. The average molecular weight is 418 g/mol. The maximum atomic E-state index is 13.2. The number of rotatable bonds is 3. The number of carbonyl (C=O) groups excluding carboxylic acids is 1. The zero-order valence-corrected chi connectivity index (χ0v) is 17.7. The zero-order chi connectivity index (χ0) is 21.5. The Morgan fingerprint density at radius 2 is 2.06 bits per heavy atom. The van der Waals surface area contributed by atoms with Gasteiger partial charge in [-0.25, -0.2) is 0 Å². The van der Waals surface area contributed by atoms with E-state index >= 15 is 0 Å². The summed E-state index contributed by atoms with van der Waals surface area (Å²) in [6, 6.07) is 13.2. The highest BCUT2D eigenvalue weighted by atomic mass is 16.6. The smallest absolute Gasteiger partial charge is 0.269 e. The molecule has 0 unspecified atom stereocenters. The van der Waals surface area contributed by atoms with Gasteiger partial charge in [0.05, 0.1) is 11.0 Å². The van der Waals surface area contributed by atoms with E-state index < -0.39 is 0 Å². The minimum Gasteiger partial charge on any atom is -0.378 e. The Bertz CT molecular complexity index is 1060. The van der Waals surface area contributed by atoms with Crippen molar-refractivity contribution in [2.45, 2.75) is 50.6 Å². The third-order valence-electron chi connectivity index (χ3n) is 7.11. The van der Waals surface area contributed by atoms with Crippen molar-refractivity contribution < 1.29 is 9.72 Å². The van der Waals surface area contributed by atoms with Gasteiger partial charge in [-0.3, -0.25) is 14.9 Å². The van der Waals surface area contributed by atoms with Gasteiger partial charge in [0, 0.05) is 41.9 Å². The molecule has 6 nitrogen and oxygen atoms in total. The van der Waals surface area contributed by atoms with Crippen molar-refractivity contribution in [1.82, 2.24) is 4.90 Å². The van der Waals surface area contributed by atoms with Crippen molar-refractivity contribution in [2.75, 3.05) is 11.9 Å². The number of likely N-dealkylation sites (tertiary alicyclic amines) is 1. The Balaban J connectivity index is 1.47. The van der Waals surface area contributed by atoms with Gasteiger partial charge in [0.25, 0.3) is 11.6 Å². The van der Waals surface area contributed by atoms with Crippen LogP contribution in [0.25, 0.3) is 0 Å². The molecule has 1 aliphatic carbocycles. The van der Waals surface area contributed by atoms with Crippen LogP contribution >= 0.6 is 0 Å². The summed E-state index contributed by atoms with van der Waals surface area (Å²) in [4.78, 5) is 26.1. The van der Waals surface area contributed by atoms with Crippen molar-refractivity contribution in [3.05, 3.63) is 81.4 Å². The number of allylic oxidation sites excluding steroid dienone is 2. The first-order valence-corrected chi connectivity index (χ1v) is 11.2. The second-order valence-electron chi connectivity index (χ2n) is 8.97. The predicted octanol–water partition coefficient (Wildman–Crippen LogP) is 5.44. The quantitative estimate of drug-likeness (QED) is 0.410. The number of piperidine rings is 1. The van der Waals surface area contributed by atoms with Crippen LogP contribution < -0.4 is 5.32 Å². The first-order valence-electron chi connectivity index (χ1n) is 11.2. The Kier molecular flexibility index (Phi) is 5.00. The minimum atomic E-state index is -0.343. The van der Waals surface area contributed by atoms with Gasteiger partial charge in [-0.1, -0.05) is 24.3 Å². The average Bonchev–Trinajstić information content (AvgIpc) is 3.28. The molecule has 2 aromatic rings. The fourth-order valence-electron chi connectivity index (χ4n) is 5.45. The number of hydrogen-bond donors (Lipinski definition) is 1. The lowest BCUT2D eigenvalue weighted by Crippen LogP contribution is -2.42. The molecule has 5 rings (SSSR count). The number of nitrogens with one attached hydrogen (secondary N) is 1. The van der Waals surface area contributed by atoms with Crippen LogP contribution in [0.1, 0.15) is 66.1 Å². The molecule has 0 radical (unpaired) electrons. The fourth-order valence-corrected chi connectivity index (χ4v) is 5.45. The number of hydrogen-bond acceptors (Lipinski definition) is 4. The lowest BCUT2D eigenvalue weighted by atomic mass is 9.76. The SMILES string of the molecule is C[C@@H]1CCCCN1C(=O)c1ccc2c(c1)[C@H]1C=CC[C@H]1[C@H](c1cccc([N+](=O)[O-])c1)N2. The topological polar surface area (TPSA) is 75.5 Å². The van der Waals surface area contributed by atoms with E-state index in [0.717, 1.165) is 48.2 Å². The van der Waals surface area contributed by atoms with Crippen molar-refractivity contribution in [2.24, 2.45) is 5.92 Å². The highest BCUT2D eigenvalue weighted by Crippen LogP contribution is 2.50. The number of nitrogens with zero attached hydrogens (tertiary/aromatic N) is 2. The highest BCUT2D eigenvalue weighted by molar-refractivity contribution is 5.95. The molecule has 3 aliphatic rings. The number of nitro groups is 1. The van der Waals surface area contributed by atoms with E-state index in [1.54, 1.807) is 12.1 Å². The molecule has 2 heterocycles. The van der Waals surface area contributed by atoms with Gasteiger partial charge < -0.3 is 10.2 Å². The fraction of sp³-hybridized carbons (Fsp3) is 0.400. The number of carbonyl (C=O) groups is 1. The summed E-state index contributed by atoms with van der Waals surface area (Å²) in [6.07, 6.45) is 8.65. The van der Waals surface area contributed by atoms with Crippen molar-refractivity contribution in [1.29, 1.82) is 0 Å². The molecule has 1 fully saturated rings. The standard InChI is InChI=1S/C25H27N3O3/c1-16-6-2-3-13-27(16)25(29)18-11-12-23-22(15-18)20-9-5-10-21(20)24(26-23)17-7-4-8-19(14-17)28(30)31/h4-5,7-9,11-12,14-16,20-21,24,26H,2-3,6,10,13H2,1H3/t16-,20+,21-,24+/m1/s1. The highest BCUT2D eigenvalue weighted by Gasteiger charge is 2.38. The molecule has 1 saturated heterocycles. The van der Waals surface area contributed by atoms with Crippen LogP contribution in [0.5, 0.6) is 0 Å². The van der Waals surface area contributed by atoms with E-state index in [-0.39, 0.29) is 40.4 Å². The number of nitro benzene ring substituents is 1. The van der Waals surface area contributed by atoms with Gasteiger partial charge in [0.15, 0.2) is 0 Å². The number of non-ortho nitro benzene ring substituents is 1. The summed E-state index contributed by atoms with van der Waals surface area (Å²) in [6.45, 7) is 2.96. The second-order valence-corrected chi connectivity index (χ2v) is 8.97. The van der Waals surface area contributed by atoms with E-state index in [9.17, 15) is 14.9 Å². The zero-order valence-electron chi connectivity index (χ0n) is 17.7. The molecular weight excluding hydrogens is 390 g/mol. The summed E-state index contributed by atoms with van der Waals surface area (Å²) in [5, 5.41) is 14.9. The first kappa shape index (κ1) is 19.8. The van der Waals surface area contributed by atoms with E-state index in [0.29, 0.717) is 0 Å². The molecule has 6 heteroatoms. The van der Waals surface area contributed by atoms with Crippen LogP contribution in [0.4, 0.5) is 11.4 Å². The molecule has 2 aliphatic heterocycles. The van der Waals surface area contributed by atoms with Crippen LogP contribution in [0, 0.1) is 16.0 Å². The number of anilines is 1. The van der Waals surface area contributed by atoms with Gasteiger partial charge in [-0.2, -0.15) is 0 Å². The van der Waals surface area contributed by atoms with Gasteiger partial charge in [0.1, 0.15) is 0 Å². The largest absolute Gasteiger partial charge is 0.378 e. The Hall–Kier alpha value is -3.15. The van der Waals surface area contributed by atoms with Crippen molar-refractivity contribution >= 4 is 17.3 Å².